The van der Waals surface area contributed by atoms with Crippen LogP contribution in [0.15, 0.2) is 24.3 Å². The van der Waals surface area contributed by atoms with E-state index < -0.39 is 0 Å². The normalized spacial score (nSPS) is 15.6. The fourth-order valence-electron chi connectivity index (χ4n) is 3.70. The average molecular weight is 423 g/mol. The van der Waals surface area contributed by atoms with Crippen molar-refractivity contribution in [3.05, 3.63) is 51.3 Å². The number of piperidine rings is 1. The fourth-order valence-corrected chi connectivity index (χ4v) is 4.22. The molecule has 1 aromatic carbocycles. The number of aromatic nitrogens is 2. The quantitative estimate of drug-likeness (QED) is 0.742. The first-order valence-electron chi connectivity index (χ1n) is 9.79. The van der Waals surface area contributed by atoms with Gasteiger partial charge >= 0.3 is 0 Å². The maximum absolute atomic E-state index is 12.9. The summed E-state index contributed by atoms with van der Waals surface area (Å²) in [5.41, 5.74) is 1.87. The molecular formula is C21H28Cl2N4O. The molecule has 0 unspecified atom stereocenters. The van der Waals surface area contributed by atoms with Gasteiger partial charge in [0.2, 0.25) is 0 Å². The molecule has 152 valence electrons. The van der Waals surface area contributed by atoms with E-state index in [0.29, 0.717) is 34.5 Å². The van der Waals surface area contributed by atoms with Crippen molar-refractivity contribution in [3.8, 4) is 0 Å². The molecule has 0 saturated carbocycles. The van der Waals surface area contributed by atoms with Crippen LogP contribution in [0.3, 0.4) is 0 Å². The Morgan fingerprint density at radius 3 is 2.54 bits per heavy atom. The van der Waals surface area contributed by atoms with Gasteiger partial charge in [0.1, 0.15) is 5.15 Å². The van der Waals surface area contributed by atoms with E-state index in [1.165, 1.54) is 19.3 Å². The van der Waals surface area contributed by atoms with E-state index in [9.17, 15) is 4.79 Å². The molecule has 28 heavy (non-hydrogen) atoms. The summed E-state index contributed by atoms with van der Waals surface area (Å²) in [5.74, 6) is -0.182. The van der Waals surface area contributed by atoms with Crippen LogP contribution in [-0.4, -0.2) is 45.8 Å². The number of benzene rings is 1. The third kappa shape index (κ3) is 4.70. The van der Waals surface area contributed by atoms with Crippen LogP contribution >= 0.6 is 23.2 Å². The molecule has 7 heteroatoms. The first-order valence-corrected chi connectivity index (χ1v) is 10.5. The van der Waals surface area contributed by atoms with Gasteiger partial charge in [0.25, 0.3) is 5.91 Å². The zero-order valence-corrected chi connectivity index (χ0v) is 18.3. The Morgan fingerprint density at radius 2 is 1.86 bits per heavy atom. The van der Waals surface area contributed by atoms with Gasteiger partial charge in [-0.2, -0.15) is 5.10 Å². The van der Waals surface area contributed by atoms with Gasteiger partial charge in [-0.1, -0.05) is 47.8 Å². The van der Waals surface area contributed by atoms with Gasteiger partial charge < -0.3 is 5.32 Å². The van der Waals surface area contributed by atoms with Crippen LogP contribution < -0.4 is 5.32 Å². The number of hydrogen-bond donors (Lipinski definition) is 1. The van der Waals surface area contributed by atoms with Crippen molar-refractivity contribution in [1.29, 1.82) is 0 Å². The lowest BCUT2D eigenvalue weighted by atomic mass is 9.98. The smallest absolute Gasteiger partial charge is 0.256 e. The average Bonchev–Trinajstić information content (AvgIpc) is 2.96. The molecule has 1 saturated heterocycles. The van der Waals surface area contributed by atoms with Gasteiger partial charge in [0.05, 0.1) is 17.8 Å². The standard InChI is InChI=1S/C21H28Cl2N4O/c1-15-18(19(23)27(25-15)13-16-9-5-6-10-17(16)22)20(28)24-14-21(2,3)26-11-7-4-8-12-26/h5-6,9-10H,4,7-8,11-14H2,1-3H3,(H,24,28). The van der Waals surface area contributed by atoms with E-state index in [-0.39, 0.29) is 11.4 Å². The largest absolute Gasteiger partial charge is 0.350 e. The molecule has 5 nitrogen and oxygen atoms in total. The number of carbonyl (C=O) groups is 1. The van der Waals surface area contributed by atoms with Crippen LogP contribution in [0.2, 0.25) is 10.2 Å². The lowest BCUT2D eigenvalue weighted by molar-refractivity contribution is 0.0797. The zero-order valence-electron chi connectivity index (χ0n) is 16.8. The van der Waals surface area contributed by atoms with Crippen LogP contribution in [0, 0.1) is 6.92 Å². The number of likely N-dealkylation sites (tertiary alicyclic amines) is 1. The predicted molar refractivity (Wildman–Crippen MR) is 114 cm³/mol. The fraction of sp³-hybridized carbons (Fsp3) is 0.524. The highest BCUT2D eigenvalue weighted by Gasteiger charge is 2.29. The molecule has 2 aromatic rings. The molecular weight excluding hydrogens is 395 g/mol. The molecule has 2 heterocycles. The summed E-state index contributed by atoms with van der Waals surface area (Å²) in [6, 6.07) is 7.56. The Bertz CT molecular complexity index is 841. The molecule has 1 amide bonds. The number of nitrogens with zero attached hydrogens (tertiary/aromatic N) is 3. The lowest BCUT2D eigenvalue weighted by Gasteiger charge is -2.41. The van der Waals surface area contributed by atoms with Crippen molar-refractivity contribution < 1.29 is 4.79 Å². The van der Waals surface area contributed by atoms with Gasteiger partial charge in [0, 0.05) is 17.1 Å². The van der Waals surface area contributed by atoms with Crippen LogP contribution in [-0.2, 0) is 6.54 Å². The van der Waals surface area contributed by atoms with Gasteiger partial charge in [-0.15, -0.1) is 0 Å². The van der Waals surface area contributed by atoms with Crippen molar-refractivity contribution in [2.24, 2.45) is 0 Å². The lowest BCUT2D eigenvalue weighted by Crippen LogP contribution is -2.53. The van der Waals surface area contributed by atoms with Crippen molar-refractivity contribution in [3.63, 3.8) is 0 Å². The first-order chi connectivity index (χ1) is 13.3. The van der Waals surface area contributed by atoms with E-state index in [1.54, 1.807) is 11.6 Å². The van der Waals surface area contributed by atoms with Crippen LogP contribution in [0.1, 0.15) is 54.7 Å². The Kier molecular flexibility index (Phi) is 6.69. The molecule has 0 atom stereocenters. The second kappa shape index (κ2) is 8.85. The highest BCUT2D eigenvalue weighted by atomic mass is 35.5. The Balaban J connectivity index is 1.70. The minimum atomic E-state index is -0.182. The van der Waals surface area contributed by atoms with Gasteiger partial charge in [-0.25, -0.2) is 4.68 Å². The van der Waals surface area contributed by atoms with Crippen molar-refractivity contribution >= 4 is 29.1 Å². The summed E-state index contributed by atoms with van der Waals surface area (Å²) in [4.78, 5) is 15.3. The maximum atomic E-state index is 12.9. The molecule has 1 fully saturated rings. The maximum Gasteiger partial charge on any atom is 0.256 e. The highest BCUT2D eigenvalue weighted by molar-refractivity contribution is 6.33. The molecule has 0 aliphatic carbocycles. The Morgan fingerprint density at radius 1 is 1.18 bits per heavy atom. The minimum Gasteiger partial charge on any atom is -0.350 e. The summed E-state index contributed by atoms with van der Waals surface area (Å²) in [6.45, 7) is 9.31. The highest BCUT2D eigenvalue weighted by Crippen LogP contribution is 2.24. The molecule has 1 aromatic heterocycles. The number of halogens is 2. The third-order valence-electron chi connectivity index (χ3n) is 5.46. The summed E-state index contributed by atoms with van der Waals surface area (Å²) >= 11 is 12.8. The van der Waals surface area contributed by atoms with Crippen LogP contribution in [0.4, 0.5) is 0 Å². The topological polar surface area (TPSA) is 50.2 Å². The monoisotopic (exact) mass is 422 g/mol. The molecule has 0 bridgehead atoms. The Labute approximate surface area is 177 Å². The van der Waals surface area contributed by atoms with Crippen molar-refractivity contribution in [1.82, 2.24) is 20.0 Å². The summed E-state index contributed by atoms with van der Waals surface area (Å²) in [6.07, 6.45) is 3.73. The van der Waals surface area contributed by atoms with Gasteiger partial charge in [-0.05, 0) is 58.3 Å². The van der Waals surface area contributed by atoms with Crippen LogP contribution in [0.25, 0.3) is 0 Å². The number of amides is 1. The summed E-state index contributed by atoms with van der Waals surface area (Å²) < 4.78 is 1.63. The second-order valence-electron chi connectivity index (χ2n) is 8.04. The molecule has 1 N–H and O–H groups in total. The number of hydrogen-bond acceptors (Lipinski definition) is 3. The number of nitrogens with one attached hydrogen (secondary N) is 1. The molecule has 1 aliphatic rings. The van der Waals surface area contributed by atoms with E-state index in [0.717, 1.165) is 18.7 Å². The number of aryl methyl sites for hydroxylation is 1. The molecule has 0 radical (unpaired) electrons. The summed E-state index contributed by atoms with van der Waals surface area (Å²) in [7, 11) is 0. The Hall–Kier alpha value is -1.56. The third-order valence-corrected chi connectivity index (χ3v) is 6.22. The van der Waals surface area contributed by atoms with E-state index >= 15 is 0 Å². The predicted octanol–water partition coefficient (Wildman–Crippen LogP) is 4.54. The van der Waals surface area contributed by atoms with Crippen LogP contribution in [0.5, 0.6) is 0 Å². The van der Waals surface area contributed by atoms with Crippen molar-refractivity contribution in [2.75, 3.05) is 19.6 Å². The number of carbonyl (C=O) groups excluding carboxylic acids is 1. The minimum absolute atomic E-state index is 0.0932. The molecule has 1 aliphatic heterocycles. The molecule has 0 spiro atoms. The zero-order chi connectivity index (χ0) is 20.3. The van der Waals surface area contributed by atoms with E-state index in [2.05, 4.69) is 29.2 Å². The number of rotatable bonds is 6. The summed E-state index contributed by atoms with van der Waals surface area (Å²) in [5, 5.41) is 8.51. The SMILES string of the molecule is Cc1nn(Cc2ccccc2Cl)c(Cl)c1C(=O)NCC(C)(C)N1CCCCC1. The van der Waals surface area contributed by atoms with Gasteiger partial charge in [-0.3, -0.25) is 9.69 Å². The molecule has 3 rings (SSSR count). The first kappa shape index (κ1) is 21.2. The second-order valence-corrected chi connectivity index (χ2v) is 8.81. The van der Waals surface area contributed by atoms with Crippen molar-refractivity contribution in [2.45, 2.75) is 52.1 Å². The van der Waals surface area contributed by atoms with E-state index in [4.69, 9.17) is 23.2 Å². The van der Waals surface area contributed by atoms with E-state index in [1.807, 2.05) is 24.3 Å². The van der Waals surface area contributed by atoms with Gasteiger partial charge in [0.15, 0.2) is 0 Å².